The highest BCUT2D eigenvalue weighted by Crippen LogP contribution is 2.39. The van der Waals surface area contributed by atoms with Gasteiger partial charge in [0.15, 0.2) is 0 Å². The lowest BCUT2D eigenvalue weighted by Crippen LogP contribution is -2.27. The highest BCUT2D eigenvalue weighted by Gasteiger charge is 2.34. The Bertz CT molecular complexity index is 543. The van der Waals surface area contributed by atoms with E-state index in [0.717, 1.165) is 42.6 Å². The molecule has 1 saturated carbocycles. The molecule has 1 aliphatic heterocycles. The van der Waals surface area contributed by atoms with Gasteiger partial charge in [-0.15, -0.1) is 0 Å². The lowest BCUT2D eigenvalue weighted by atomic mass is 10.1. The number of benzene rings is 1. The molecule has 4 heteroatoms. The van der Waals surface area contributed by atoms with Gasteiger partial charge >= 0.3 is 0 Å². The number of amides is 1. The van der Waals surface area contributed by atoms with Crippen molar-refractivity contribution in [3.05, 3.63) is 23.8 Å². The molecule has 1 aromatic carbocycles. The Hall–Kier alpha value is -1.55. The maximum Gasteiger partial charge on any atom is 0.246 e. The smallest absolute Gasteiger partial charge is 0.246 e. The lowest BCUT2D eigenvalue weighted by molar-refractivity contribution is -0.117. The number of carbonyl (C=O) groups is 1. The van der Waals surface area contributed by atoms with Crippen molar-refractivity contribution in [2.75, 3.05) is 30.4 Å². The SMILES string of the molecule is CCCNC1C(=O)Nc2cc(N(C)CC3CC3C)ccc21. The second-order valence-corrected chi connectivity index (χ2v) is 6.50. The van der Waals surface area contributed by atoms with Gasteiger partial charge in [0.05, 0.1) is 0 Å². The van der Waals surface area contributed by atoms with Crippen molar-refractivity contribution in [1.29, 1.82) is 0 Å². The standard InChI is InChI=1S/C17H25N3O/c1-4-7-18-16-14-6-5-13(9-15(14)19-17(16)21)20(3)10-12-8-11(12)2/h5-6,9,11-12,16,18H,4,7-8,10H2,1-3H3,(H,19,21). The van der Waals surface area contributed by atoms with Gasteiger partial charge in [-0.3, -0.25) is 4.79 Å². The van der Waals surface area contributed by atoms with Gasteiger partial charge in [0.2, 0.25) is 5.91 Å². The van der Waals surface area contributed by atoms with Crippen LogP contribution in [0.2, 0.25) is 0 Å². The van der Waals surface area contributed by atoms with Gasteiger partial charge in [0.25, 0.3) is 0 Å². The van der Waals surface area contributed by atoms with E-state index in [-0.39, 0.29) is 11.9 Å². The van der Waals surface area contributed by atoms with Gasteiger partial charge in [-0.1, -0.05) is 19.9 Å². The van der Waals surface area contributed by atoms with E-state index in [0.29, 0.717) is 0 Å². The van der Waals surface area contributed by atoms with E-state index in [1.807, 2.05) is 0 Å². The molecule has 4 nitrogen and oxygen atoms in total. The monoisotopic (exact) mass is 287 g/mol. The van der Waals surface area contributed by atoms with Crippen molar-refractivity contribution in [1.82, 2.24) is 5.32 Å². The Morgan fingerprint density at radius 2 is 2.19 bits per heavy atom. The molecule has 1 aliphatic carbocycles. The van der Waals surface area contributed by atoms with E-state index in [1.54, 1.807) is 0 Å². The van der Waals surface area contributed by atoms with Gasteiger partial charge in [-0.2, -0.15) is 0 Å². The Kier molecular flexibility index (Phi) is 3.89. The van der Waals surface area contributed by atoms with Crippen LogP contribution in [0.15, 0.2) is 18.2 Å². The average Bonchev–Trinajstić information content (AvgIpc) is 3.05. The molecule has 21 heavy (non-hydrogen) atoms. The van der Waals surface area contributed by atoms with E-state index in [2.05, 4.69) is 54.6 Å². The third-order valence-corrected chi connectivity index (χ3v) is 4.69. The molecule has 1 amide bonds. The van der Waals surface area contributed by atoms with Crippen molar-refractivity contribution in [2.24, 2.45) is 11.8 Å². The third-order valence-electron chi connectivity index (χ3n) is 4.69. The van der Waals surface area contributed by atoms with Crippen LogP contribution in [0.5, 0.6) is 0 Å². The van der Waals surface area contributed by atoms with Crippen LogP contribution >= 0.6 is 0 Å². The fourth-order valence-electron chi connectivity index (χ4n) is 3.09. The predicted octanol–water partition coefficient (Wildman–Crippen LogP) is 2.77. The van der Waals surface area contributed by atoms with Crippen LogP contribution in [0.3, 0.4) is 0 Å². The molecule has 2 aliphatic rings. The summed E-state index contributed by atoms with van der Waals surface area (Å²) in [4.78, 5) is 14.4. The van der Waals surface area contributed by atoms with Crippen molar-refractivity contribution >= 4 is 17.3 Å². The van der Waals surface area contributed by atoms with Crippen LogP contribution in [0.4, 0.5) is 11.4 Å². The molecule has 0 spiro atoms. The Balaban J connectivity index is 1.73. The highest BCUT2D eigenvalue weighted by atomic mass is 16.2. The third kappa shape index (κ3) is 2.91. The fraction of sp³-hybridized carbons (Fsp3) is 0.588. The molecule has 1 heterocycles. The van der Waals surface area contributed by atoms with Crippen LogP contribution in [0.25, 0.3) is 0 Å². The van der Waals surface area contributed by atoms with Crippen molar-refractivity contribution in [2.45, 2.75) is 32.7 Å². The highest BCUT2D eigenvalue weighted by molar-refractivity contribution is 6.03. The molecule has 0 saturated heterocycles. The minimum absolute atomic E-state index is 0.0640. The number of nitrogens with one attached hydrogen (secondary N) is 2. The summed E-state index contributed by atoms with van der Waals surface area (Å²) in [5, 5.41) is 6.31. The van der Waals surface area contributed by atoms with Crippen molar-refractivity contribution < 1.29 is 4.79 Å². The van der Waals surface area contributed by atoms with E-state index < -0.39 is 0 Å². The molecule has 0 radical (unpaired) electrons. The van der Waals surface area contributed by atoms with Crippen LogP contribution in [0, 0.1) is 11.8 Å². The molecule has 0 bridgehead atoms. The lowest BCUT2D eigenvalue weighted by Gasteiger charge is -2.20. The van der Waals surface area contributed by atoms with Gasteiger partial charge in [-0.05, 0) is 43.4 Å². The average molecular weight is 287 g/mol. The van der Waals surface area contributed by atoms with Gasteiger partial charge in [-0.25, -0.2) is 0 Å². The molecule has 114 valence electrons. The molecule has 2 N–H and O–H groups in total. The normalized spacial score (nSPS) is 26.4. The number of carbonyl (C=O) groups excluding carboxylic acids is 1. The summed E-state index contributed by atoms with van der Waals surface area (Å²) >= 11 is 0. The van der Waals surface area contributed by atoms with Crippen LogP contribution < -0.4 is 15.5 Å². The number of anilines is 2. The Morgan fingerprint density at radius 3 is 2.86 bits per heavy atom. The molecular formula is C17H25N3O. The van der Waals surface area contributed by atoms with Gasteiger partial charge < -0.3 is 15.5 Å². The molecule has 3 unspecified atom stereocenters. The molecule has 3 atom stereocenters. The summed E-state index contributed by atoms with van der Waals surface area (Å²) in [7, 11) is 2.14. The van der Waals surface area contributed by atoms with Gasteiger partial charge in [0.1, 0.15) is 6.04 Å². The predicted molar refractivity (Wildman–Crippen MR) is 86.6 cm³/mol. The Morgan fingerprint density at radius 1 is 1.43 bits per heavy atom. The van der Waals surface area contributed by atoms with E-state index in [4.69, 9.17) is 0 Å². The van der Waals surface area contributed by atoms with E-state index in [1.165, 1.54) is 12.1 Å². The maximum absolute atomic E-state index is 12.1. The largest absolute Gasteiger partial charge is 0.374 e. The van der Waals surface area contributed by atoms with Crippen LogP contribution in [-0.2, 0) is 4.79 Å². The number of hydrogen-bond donors (Lipinski definition) is 2. The van der Waals surface area contributed by atoms with E-state index >= 15 is 0 Å². The van der Waals surface area contributed by atoms with E-state index in [9.17, 15) is 4.79 Å². The summed E-state index contributed by atoms with van der Waals surface area (Å²) < 4.78 is 0. The molecule has 0 aromatic heterocycles. The van der Waals surface area contributed by atoms with Gasteiger partial charge in [0, 0.05) is 30.5 Å². The number of hydrogen-bond acceptors (Lipinski definition) is 3. The second-order valence-electron chi connectivity index (χ2n) is 6.50. The van der Waals surface area contributed by atoms with Crippen molar-refractivity contribution in [3.63, 3.8) is 0 Å². The fourth-order valence-corrected chi connectivity index (χ4v) is 3.09. The summed E-state index contributed by atoms with van der Waals surface area (Å²) in [6.07, 6.45) is 2.37. The molecule has 3 rings (SSSR count). The second kappa shape index (κ2) is 5.68. The zero-order valence-electron chi connectivity index (χ0n) is 13.1. The first kappa shape index (κ1) is 14.4. The summed E-state index contributed by atoms with van der Waals surface area (Å²) in [5.74, 6) is 1.76. The first-order chi connectivity index (χ1) is 10.1. The van der Waals surface area contributed by atoms with Crippen molar-refractivity contribution in [3.8, 4) is 0 Å². The first-order valence-electron chi connectivity index (χ1n) is 7.99. The number of fused-ring (bicyclic) bond motifs is 1. The molecule has 1 fully saturated rings. The number of nitrogens with zero attached hydrogens (tertiary/aromatic N) is 1. The molecular weight excluding hydrogens is 262 g/mol. The zero-order valence-corrected chi connectivity index (χ0v) is 13.1. The quantitative estimate of drug-likeness (QED) is 0.845. The summed E-state index contributed by atoms with van der Waals surface area (Å²) in [6.45, 7) is 6.38. The topological polar surface area (TPSA) is 44.4 Å². The maximum atomic E-state index is 12.1. The minimum atomic E-state index is -0.192. The summed E-state index contributed by atoms with van der Waals surface area (Å²) in [6, 6.07) is 6.13. The first-order valence-corrected chi connectivity index (χ1v) is 7.99. The van der Waals surface area contributed by atoms with Crippen LogP contribution in [-0.4, -0.2) is 26.0 Å². The van der Waals surface area contributed by atoms with Crippen LogP contribution in [0.1, 0.15) is 38.3 Å². The Labute approximate surface area is 126 Å². The zero-order chi connectivity index (χ0) is 15.0. The minimum Gasteiger partial charge on any atom is -0.374 e. The molecule has 1 aromatic rings. The number of rotatable bonds is 6. The summed E-state index contributed by atoms with van der Waals surface area (Å²) in [5.41, 5.74) is 3.22.